The molecule has 0 aliphatic rings. The fourth-order valence-corrected chi connectivity index (χ4v) is 2.13. The molecule has 5 heteroatoms. The molecular weight excluding hydrogens is 352 g/mol. The van der Waals surface area contributed by atoms with E-state index >= 15 is 0 Å². The first-order valence-corrected chi connectivity index (χ1v) is 6.74. The summed E-state index contributed by atoms with van der Waals surface area (Å²) < 4.78 is 6.38. The molecule has 0 aromatic heterocycles. The van der Waals surface area contributed by atoms with Gasteiger partial charge in [0.25, 0.3) is 0 Å². The molecule has 3 nitrogen and oxygen atoms in total. The van der Waals surface area contributed by atoms with Crippen LogP contribution in [0.15, 0.2) is 27.1 Å². The van der Waals surface area contributed by atoms with Crippen molar-refractivity contribution in [3.8, 4) is 0 Å². The molecule has 94 valence electrons. The number of methoxy groups -OCH3 is 1. The minimum Gasteiger partial charge on any atom is -0.469 e. The van der Waals surface area contributed by atoms with Gasteiger partial charge < -0.3 is 9.84 Å². The summed E-state index contributed by atoms with van der Waals surface area (Å²) in [4.78, 5) is 11.1. The maximum absolute atomic E-state index is 11.1. The third-order valence-electron chi connectivity index (χ3n) is 2.54. The van der Waals surface area contributed by atoms with E-state index in [4.69, 9.17) is 0 Å². The van der Waals surface area contributed by atoms with Crippen molar-refractivity contribution >= 4 is 37.8 Å². The zero-order valence-corrected chi connectivity index (χ0v) is 12.8. The molecule has 0 heterocycles. The summed E-state index contributed by atoms with van der Waals surface area (Å²) in [5, 5.41) is 10.1. The van der Waals surface area contributed by atoms with Crippen molar-refractivity contribution in [2.24, 2.45) is 5.92 Å². The number of halogens is 2. The van der Waals surface area contributed by atoms with Crippen LogP contribution in [0.4, 0.5) is 0 Å². The molecule has 0 bridgehead atoms. The van der Waals surface area contributed by atoms with E-state index in [1.54, 1.807) is 0 Å². The second-order valence-electron chi connectivity index (χ2n) is 3.88. The van der Waals surface area contributed by atoms with Crippen LogP contribution in [-0.2, 0) is 9.53 Å². The van der Waals surface area contributed by atoms with Crippen LogP contribution < -0.4 is 0 Å². The Bertz CT molecular complexity index is 407. The number of aliphatic hydroxyl groups excluding tert-OH is 1. The van der Waals surface area contributed by atoms with Crippen molar-refractivity contribution in [2.45, 2.75) is 19.4 Å². The van der Waals surface area contributed by atoms with Crippen LogP contribution in [-0.4, -0.2) is 18.2 Å². The zero-order chi connectivity index (χ0) is 13.0. The molecule has 2 unspecified atom stereocenters. The van der Waals surface area contributed by atoms with Crippen LogP contribution in [0.3, 0.4) is 0 Å². The molecule has 0 saturated carbocycles. The number of ether oxygens (including phenoxy) is 1. The van der Waals surface area contributed by atoms with E-state index in [1.165, 1.54) is 7.11 Å². The minimum atomic E-state index is -0.682. The first-order valence-electron chi connectivity index (χ1n) is 5.15. The summed E-state index contributed by atoms with van der Waals surface area (Å²) in [5.74, 6) is -0.497. The van der Waals surface area contributed by atoms with Gasteiger partial charge in [-0.25, -0.2) is 0 Å². The van der Waals surface area contributed by atoms with Crippen molar-refractivity contribution in [1.29, 1.82) is 0 Å². The molecule has 0 spiro atoms. The average Bonchev–Trinajstić information content (AvgIpc) is 2.31. The molecule has 1 N–H and O–H groups in total. The molecule has 1 aromatic carbocycles. The quantitative estimate of drug-likeness (QED) is 0.831. The van der Waals surface area contributed by atoms with Gasteiger partial charge >= 0.3 is 5.97 Å². The van der Waals surface area contributed by atoms with Gasteiger partial charge in [0.05, 0.1) is 19.6 Å². The van der Waals surface area contributed by atoms with Crippen molar-refractivity contribution in [3.63, 3.8) is 0 Å². The lowest BCUT2D eigenvalue weighted by atomic mass is 9.95. The van der Waals surface area contributed by atoms with Gasteiger partial charge in [0.2, 0.25) is 0 Å². The molecule has 1 rings (SSSR count). The van der Waals surface area contributed by atoms with Crippen LogP contribution in [0.1, 0.15) is 25.0 Å². The van der Waals surface area contributed by atoms with Crippen LogP contribution in [0.5, 0.6) is 0 Å². The fraction of sp³-hybridized carbons (Fsp3) is 0.417. The number of hydrogen-bond donors (Lipinski definition) is 1. The summed E-state index contributed by atoms with van der Waals surface area (Å²) in [7, 11) is 1.34. The van der Waals surface area contributed by atoms with Gasteiger partial charge in [0, 0.05) is 8.95 Å². The normalized spacial score (nSPS) is 14.2. The lowest BCUT2D eigenvalue weighted by molar-refractivity contribution is -0.142. The highest BCUT2D eigenvalue weighted by Gasteiger charge is 2.20. The number of esters is 1. The monoisotopic (exact) mass is 364 g/mol. The molecular formula is C12H14Br2O3. The zero-order valence-electron chi connectivity index (χ0n) is 9.61. The van der Waals surface area contributed by atoms with E-state index in [-0.39, 0.29) is 18.3 Å². The molecule has 2 atom stereocenters. The van der Waals surface area contributed by atoms with Gasteiger partial charge in [-0.3, -0.25) is 4.79 Å². The second kappa shape index (κ2) is 6.52. The van der Waals surface area contributed by atoms with E-state index in [1.807, 2.05) is 25.1 Å². The highest BCUT2D eigenvalue weighted by atomic mass is 79.9. The number of carbonyl (C=O) groups excluding carboxylic acids is 1. The second-order valence-corrected chi connectivity index (χ2v) is 5.58. The number of benzene rings is 1. The molecule has 0 amide bonds. The fourth-order valence-electron chi connectivity index (χ4n) is 1.48. The smallest absolute Gasteiger partial charge is 0.305 e. The maximum Gasteiger partial charge on any atom is 0.305 e. The molecule has 0 aliphatic heterocycles. The highest BCUT2D eigenvalue weighted by Crippen LogP contribution is 2.30. The van der Waals surface area contributed by atoms with Crippen LogP contribution in [0, 0.1) is 5.92 Å². The molecule has 1 aromatic rings. The highest BCUT2D eigenvalue weighted by molar-refractivity contribution is 9.13. The molecule has 0 aliphatic carbocycles. The Morgan fingerprint density at radius 1 is 1.41 bits per heavy atom. The van der Waals surface area contributed by atoms with Crippen molar-refractivity contribution < 1.29 is 14.6 Å². The van der Waals surface area contributed by atoms with E-state index in [0.29, 0.717) is 0 Å². The van der Waals surface area contributed by atoms with Gasteiger partial charge in [0.15, 0.2) is 0 Å². The summed E-state index contributed by atoms with van der Waals surface area (Å²) >= 11 is 6.74. The number of carbonyl (C=O) groups is 1. The summed E-state index contributed by atoms with van der Waals surface area (Å²) in [6, 6.07) is 5.52. The lowest BCUT2D eigenvalue weighted by Crippen LogP contribution is -2.14. The Morgan fingerprint density at radius 2 is 2.06 bits per heavy atom. The molecule has 0 fully saturated rings. The van der Waals surface area contributed by atoms with E-state index in [2.05, 4.69) is 36.6 Å². The van der Waals surface area contributed by atoms with Gasteiger partial charge in [-0.1, -0.05) is 13.0 Å². The lowest BCUT2D eigenvalue weighted by Gasteiger charge is -2.18. The van der Waals surface area contributed by atoms with Gasteiger partial charge in [0.1, 0.15) is 0 Å². The predicted molar refractivity (Wildman–Crippen MR) is 72.6 cm³/mol. The van der Waals surface area contributed by atoms with Crippen molar-refractivity contribution in [3.05, 3.63) is 32.7 Å². The van der Waals surface area contributed by atoms with Gasteiger partial charge in [-0.05, 0) is 55.5 Å². The SMILES string of the molecule is COC(=O)CC(C)C(O)c1ccc(Br)c(Br)c1. The summed E-state index contributed by atoms with van der Waals surface area (Å²) in [5.41, 5.74) is 0.775. The van der Waals surface area contributed by atoms with Crippen LogP contribution in [0.2, 0.25) is 0 Å². The third-order valence-corrected chi connectivity index (χ3v) is 4.42. The van der Waals surface area contributed by atoms with Crippen LogP contribution in [0.25, 0.3) is 0 Å². The van der Waals surface area contributed by atoms with Crippen LogP contribution >= 0.6 is 31.9 Å². The third kappa shape index (κ3) is 4.08. The molecule has 0 radical (unpaired) electrons. The van der Waals surface area contributed by atoms with E-state index in [9.17, 15) is 9.90 Å². The maximum atomic E-state index is 11.1. The first-order chi connectivity index (χ1) is 7.95. The summed E-state index contributed by atoms with van der Waals surface area (Å²) in [6.45, 7) is 1.82. The molecule has 17 heavy (non-hydrogen) atoms. The topological polar surface area (TPSA) is 46.5 Å². The minimum absolute atomic E-state index is 0.185. The Kier molecular flexibility index (Phi) is 5.62. The van der Waals surface area contributed by atoms with Crippen molar-refractivity contribution in [2.75, 3.05) is 7.11 Å². The average molecular weight is 366 g/mol. The largest absolute Gasteiger partial charge is 0.469 e. The summed E-state index contributed by atoms with van der Waals surface area (Å²) in [6.07, 6.45) is -0.482. The first kappa shape index (κ1) is 14.7. The molecule has 0 saturated heterocycles. The van der Waals surface area contributed by atoms with E-state index < -0.39 is 6.10 Å². The predicted octanol–water partition coefficient (Wildman–Crippen LogP) is 3.44. The van der Waals surface area contributed by atoms with Crippen molar-refractivity contribution in [1.82, 2.24) is 0 Å². The number of rotatable bonds is 4. The Morgan fingerprint density at radius 3 is 2.59 bits per heavy atom. The van der Waals surface area contributed by atoms with Gasteiger partial charge in [-0.2, -0.15) is 0 Å². The van der Waals surface area contributed by atoms with Gasteiger partial charge in [-0.15, -0.1) is 0 Å². The Hall–Kier alpha value is -0.390. The Labute approximate surface area is 117 Å². The standard InChI is InChI=1S/C12H14Br2O3/c1-7(5-11(15)17-2)12(16)8-3-4-9(13)10(14)6-8/h3-4,6-7,12,16H,5H2,1-2H3. The van der Waals surface area contributed by atoms with E-state index in [0.717, 1.165) is 14.5 Å². The number of hydrogen-bond acceptors (Lipinski definition) is 3. The number of aliphatic hydroxyl groups is 1. The Balaban J connectivity index is 2.77.